The Bertz CT molecular complexity index is 756. The molecule has 0 aromatic heterocycles. The molecule has 0 atom stereocenters. The average Bonchev–Trinajstić information content (AvgIpc) is 2.58. The second kappa shape index (κ2) is 8.87. The van der Waals surface area contributed by atoms with Crippen LogP contribution >= 0.6 is 0 Å². The van der Waals surface area contributed by atoms with E-state index in [1.807, 2.05) is 56.3 Å². The fraction of sp³-hybridized carbons (Fsp3) is 0.300. The van der Waals surface area contributed by atoms with Crippen molar-refractivity contribution in [2.24, 2.45) is 0 Å². The van der Waals surface area contributed by atoms with Gasteiger partial charge in [0.15, 0.2) is 0 Å². The minimum Gasteiger partial charge on any atom is -0.496 e. The molecule has 0 unspecified atom stereocenters. The van der Waals surface area contributed by atoms with Crippen molar-refractivity contribution in [3.8, 4) is 5.75 Å². The molecule has 2 aromatic rings. The summed E-state index contributed by atoms with van der Waals surface area (Å²) in [5.74, 6) is 0.186. The molecule has 25 heavy (non-hydrogen) atoms. The number of amides is 2. The van der Waals surface area contributed by atoms with Crippen LogP contribution in [0.1, 0.15) is 23.1 Å². The molecule has 0 radical (unpaired) electrons. The maximum absolute atomic E-state index is 12.0. The third-order valence-electron chi connectivity index (χ3n) is 3.90. The van der Waals surface area contributed by atoms with Crippen molar-refractivity contribution in [2.75, 3.05) is 19.0 Å². The van der Waals surface area contributed by atoms with E-state index in [4.69, 9.17) is 4.74 Å². The van der Waals surface area contributed by atoms with Gasteiger partial charge in [0.25, 0.3) is 0 Å². The molecule has 5 nitrogen and oxygen atoms in total. The molecule has 0 aliphatic carbocycles. The Labute approximate surface area is 148 Å². The third-order valence-corrected chi connectivity index (χ3v) is 3.90. The Kier molecular flexibility index (Phi) is 6.57. The van der Waals surface area contributed by atoms with E-state index in [0.717, 1.165) is 28.1 Å². The summed E-state index contributed by atoms with van der Waals surface area (Å²) in [5, 5.41) is 5.56. The van der Waals surface area contributed by atoms with Gasteiger partial charge in [0.05, 0.1) is 7.11 Å². The van der Waals surface area contributed by atoms with Gasteiger partial charge in [-0.2, -0.15) is 0 Å². The van der Waals surface area contributed by atoms with Crippen molar-refractivity contribution in [3.63, 3.8) is 0 Å². The molecule has 0 saturated heterocycles. The van der Waals surface area contributed by atoms with Gasteiger partial charge in [-0.1, -0.05) is 30.3 Å². The molecule has 5 heteroatoms. The van der Waals surface area contributed by atoms with Crippen LogP contribution in [0, 0.1) is 13.8 Å². The van der Waals surface area contributed by atoms with Gasteiger partial charge in [0, 0.05) is 12.2 Å². The van der Waals surface area contributed by atoms with Crippen LogP contribution in [0.5, 0.6) is 5.75 Å². The van der Waals surface area contributed by atoms with Crippen molar-refractivity contribution in [3.05, 3.63) is 59.2 Å². The number of benzene rings is 2. The number of methoxy groups -OCH3 is 1. The Morgan fingerprint density at radius 2 is 1.80 bits per heavy atom. The number of rotatable bonds is 7. The predicted molar refractivity (Wildman–Crippen MR) is 98.9 cm³/mol. The van der Waals surface area contributed by atoms with Crippen molar-refractivity contribution < 1.29 is 14.3 Å². The summed E-state index contributed by atoms with van der Waals surface area (Å²) < 4.78 is 5.28. The first-order chi connectivity index (χ1) is 12.0. The van der Waals surface area contributed by atoms with Gasteiger partial charge in [-0.15, -0.1) is 0 Å². The van der Waals surface area contributed by atoms with Gasteiger partial charge in [-0.3, -0.25) is 9.59 Å². The van der Waals surface area contributed by atoms with E-state index in [-0.39, 0.29) is 18.2 Å². The van der Waals surface area contributed by atoms with Gasteiger partial charge in [0.2, 0.25) is 11.8 Å². The Morgan fingerprint density at radius 3 is 2.56 bits per heavy atom. The Morgan fingerprint density at radius 1 is 1.04 bits per heavy atom. The molecule has 0 aliphatic heterocycles. The molecule has 132 valence electrons. The molecule has 2 aromatic carbocycles. The SMILES string of the molecule is COc1ccccc1CCNC(=O)CC(=O)Nc1cc(C)ccc1C. The lowest BCUT2D eigenvalue weighted by Gasteiger charge is -2.10. The van der Waals surface area contributed by atoms with Crippen LogP contribution < -0.4 is 15.4 Å². The van der Waals surface area contributed by atoms with Crippen molar-refractivity contribution in [1.29, 1.82) is 0 Å². The van der Waals surface area contributed by atoms with E-state index >= 15 is 0 Å². The highest BCUT2D eigenvalue weighted by molar-refractivity contribution is 6.03. The second-order valence-electron chi connectivity index (χ2n) is 5.96. The fourth-order valence-corrected chi connectivity index (χ4v) is 2.52. The van der Waals surface area contributed by atoms with Crippen LogP contribution in [0.3, 0.4) is 0 Å². The molecule has 0 fully saturated rings. The van der Waals surface area contributed by atoms with Gasteiger partial charge < -0.3 is 15.4 Å². The lowest BCUT2D eigenvalue weighted by Crippen LogP contribution is -2.29. The summed E-state index contributed by atoms with van der Waals surface area (Å²) in [4.78, 5) is 24.0. The molecular weight excluding hydrogens is 316 g/mol. The quantitative estimate of drug-likeness (QED) is 0.762. The minimum atomic E-state index is -0.316. The van der Waals surface area contributed by atoms with Crippen LogP contribution in [0.15, 0.2) is 42.5 Å². The normalized spacial score (nSPS) is 10.2. The van der Waals surface area contributed by atoms with Gasteiger partial charge >= 0.3 is 0 Å². The number of hydrogen-bond donors (Lipinski definition) is 2. The molecule has 0 saturated carbocycles. The standard InChI is InChI=1S/C20H24N2O3/c1-14-8-9-15(2)17(12-14)22-20(24)13-19(23)21-11-10-16-6-4-5-7-18(16)25-3/h4-9,12H,10-11,13H2,1-3H3,(H,21,23)(H,22,24). The molecule has 2 rings (SSSR count). The number of carbonyl (C=O) groups is 2. The monoisotopic (exact) mass is 340 g/mol. The van der Waals surface area contributed by atoms with E-state index in [1.54, 1.807) is 7.11 Å². The van der Waals surface area contributed by atoms with E-state index in [1.165, 1.54) is 0 Å². The zero-order chi connectivity index (χ0) is 18.2. The van der Waals surface area contributed by atoms with Crippen LogP contribution in [0.2, 0.25) is 0 Å². The number of ether oxygens (including phenoxy) is 1. The highest BCUT2D eigenvalue weighted by Crippen LogP contribution is 2.17. The highest BCUT2D eigenvalue weighted by Gasteiger charge is 2.11. The first-order valence-corrected chi connectivity index (χ1v) is 8.25. The Hall–Kier alpha value is -2.82. The third kappa shape index (κ3) is 5.64. The lowest BCUT2D eigenvalue weighted by atomic mass is 10.1. The number of hydrogen-bond acceptors (Lipinski definition) is 3. The molecule has 0 aliphatic rings. The first-order valence-electron chi connectivity index (χ1n) is 8.25. The van der Waals surface area contributed by atoms with Crippen molar-refractivity contribution in [1.82, 2.24) is 5.32 Å². The topological polar surface area (TPSA) is 67.4 Å². The summed E-state index contributed by atoms with van der Waals surface area (Å²) in [5.41, 5.74) is 3.79. The van der Waals surface area contributed by atoms with E-state index < -0.39 is 0 Å². The summed E-state index contributed by atoms with van der Waals surface area (Å²) in [7, 11) is 1.62. The Balaban J connectivity index is 1.80. The first kappa shape index (κ1) is 18.5. The van der Waals surface area contributed by atoms with Gasteiger partial charge in [-0.05, 0) is 49.1 Å². The number of para-hydroxylation sites is 1. The fourth-order valence-electron chi connectivity index (χ4n) is 2.52. The van der Waals surface area contributed by atoms with Crippen LogP contribution in [-0.2, 0) is 16.0 Å². The van der Waals surface area contributed by atoms with E-state index in [9.17, 15) is 9.59 Å². The van der Waals surface area contributed by atoms with Crippen molar-refractivity contribution >= 4 is 17.5 Å². The molecule has 0 bridgehead atoms. The summed E-state index contributed by atoms with van der Waals surface area (Å²) in [6.45, 7) is 4.33. The molecule has 0 spiro atoms. The van der Waals surface area contributed by atoms with Crippen LogP contribution in [0.4, 0.5) is 5.69 Å². The van der Waals surface area contributed by atoms with Crippen molar-refractivity contribution in [2.45, 2.75) is 26.7 Å². The van der Waals surface area contributed by atoms with E-state index in [0.29, 0.717) is 13.0 Å². The number of aryl methyl sites for hydroxylation is 2. The predicted octanol–water partition coefficient (Wildman–Crippen LogP) is 3.00. The number of nitrogens with one attached hydrogen (secondary N) is 2. The lowest BCUT2D eigenvalue weighted by molar-refractivity contribution is -0.126. The van der Waals surface area contributed by atoms with Gasteiger partial charge in [0.1, 0.15) is 12.2 Å². The minimum absolute atomic E-state index is 0.195. The number of anilines is 1. The van der Waals surface area contributed by atoms with Crippen LogP contribution in [0.25, 0.3) is 0 Å². The average molecular weight is 340 g/mol. The summed E-state index contributed by atoms with van der Waals surface area (Å²) in [6.07, 6.45) is 0.452. The summed E-state index contributed by atoms with van der Waals surface area (Å²) >= 11 is 0. The zero-order valence-electron chi connectivity index (χ0n) is 14.9. The maximum atomic E-state index is 12.0. The largest absolute Gasteiger partial charge is 0.496 e. The van der Waals surface area contributed by atoms with E-state index in [2.05, 4.69) is 10.6 Å². The van der Waals surface area contributed by atoms with Crippen LogP contribution in [-0.4, -0.2) is 25.5 Å². The number of carbonyl (C=O) groups excluding carboxylic acids is 2. The summed E-state index contributed by atoms with van der Waals surface area (Å²) in [6, 6.07) is 13.5. The maximum Gasteiger partial charge on any atom is 0.233 e. The molecule has 2 N–H and O–H groups in total. The zero-order valence-corrected chi connectivity index (χ0v) is 14.9. The van der Waals surface area contributed by atoms with Gasteiger partial charge in [-0.25, -0.2) is 0 Å². The smallest absolute Gasteiger partial charge is 0.233 e. The molecule has 2 amide bonds. The second-order valence-corrected chi connectivity index (χ2v) is 5.96. The molecular formula is C20H24N2O3. The molecule has 0 heterocycles. The highest BCUT2D eigenvalue weighted by atomic mass is 16.5.